The highest BCUT2D eigenvalue weighted by Crippen LogP contribution is 2.35. The van der Waals surface area contributed by atoms with Crippen molar-refractivity contribution < 1.29 is 14.3 Å². The molecule has 7 heteroatoms. The van der Waals surface area contributed by atoms with E-state index in [1.165, 1.54) is 16.2 Å². The Morgan fingerprint density at radius 1 is 1.07 bits per heavy atom. The van der Waals surface area contributed by atoms with Crippen molar-refractivity contribution in [2.75, 3.05) is 13.1 Å². The number of amides is 2. The van der Waals surface area contributed by atoms with E-state index < -0.39 is 0 Å². The summed E-state index contributed by atoms with van der Waals surface area (Å²) >= 11 is 7.43. The molecule has 0 bridgehead atoms. The molecule has 0 N–H and O–H groups in total. The van der Waals surface area contributed by atoms with Crippen LogP contribution in [0.1, 0.15) is 24.3 Å². The Hall–Kier alpha value is -2.15. The van der Waals surface area contributed by atoms with Gasteiger partial charge in [0.1, 0.15) is 5.70 Å². The smallest absolute Gasteiger partial charge is 0.278 e. The SMILES string of the molecule is CC1CN(C2=C(c3cccs3)C(=O)N(Cc3ccc(Cl)cc3)C2=O)CC(C)O1. The second-order valence-corrected chi connectivity index (χ2v) is 8.57. The lowest BCUT2D eigenvalue weighted by Gasteiger charge is -2.37. The summed E-state index contributed by atoms with van der Waals surface area (Å²) in [7, 11) is 0. The van der Waals surface area contributed by atoms with Gasteiger partial charge in [-0.05, 0) is 43.0 Å². The first-order chi connectivity index (χ1) is 13.4. The number of hydrogen-bond donors (Lipinski definition) is 0. The van der Waals surface area contributed by atoms with Gasteiger partial charge in [0.15, 0.2) is 0 Å². The number of rotatable bonds is 4. The van der Waals surface area contributed by atoms with Crippen molar-refractivity contribution in [1.29, 1.82) is 0 Å². The van der Waals surface area contributed by atoms with Crippen LogP contribution in [0, 0.1) is 0 Å². The van der Waals surface area contributed by atoms with Gasteiger partial charge in [0.25, 0.3) is 11.8 Å². The molecule has 2 unspecified atom stereocenters. The van der Waals surface area contributed by atoms with Crippen molar-refractivity contribution in [3.05, 3.63) is 62.9 Å². The first-order valence-electron chi connectivity index (χ1n) is 9.23. The molecule has 2 amide bonds. The maximum absolute atomic E-state index is 13.3. The molecule has 4 rings (SSSR count). The number of ether oxygens (including phenoxy) is 1. The van der Waals surface area contributed by atoms with Gasteiger partial charge >= 0.3 is 0 Å². The van der Waals surface area contributed by atoms with Crippen LogP contribution in [0.4, 0.5) is 0 Å². The van der Waals surface area contributed by atoms with E-state index in [1.807, 2.05) is 48.4 Å². The van der Waals surface area contributed by atoms with Crippen molar-refractivity contribution in [1.82, 2.24) is 9.80 Å². The minimum absolute atomic E-state index is 0.00551. The molecule has 28 heavy (non-hydrogen) atoms. The zero-order valence-electron chi connectivity index (χ0n) is 15.7. The quantitative estimate of drug-likeness (QED) is 0.711. The minimum atomic E-state index is -0.246. The molecule has 1 aromatic heterocycles. The number of benzene rings is 1. The second kappa shape index (κ2) is 7.70. The Morgan fingerprint density at radius 2 is 1.75 bits per heavy atom. The molecule has 3 heterocycles. The topological polar surface area (TPSA) is 49.9 Å². The maximum atomic E-state index is 13.3. The van der Waals surface area contributed by atoms with Crippen molar-refractivity contribution in [3.8, 4) is 0 Å². The van der Waals surface area contributed by atoms with Gasteiger partial charge < -0.3 is 9.64 Å². The largest absolute Gasteiger partial charge is 0.372 e. The summed E-state index contributed by atoms with van der Waals surface area (Å²) in [5.74, 6) is -0.492. The Balaban J connectivity index is 1.70. The van der Waals surface area contributed by atoms with E-state index in [0.29, 0.717) is 29.4 Å². The minimum Gasteiger partial charge on any atom is -0.372 e. The average Bonchev–Trinajstić information content (AvgIpc) is 3.25. The van der Waals surface area contributed by atoms with Crippen molar-refractivity contribution in [2.24, 2.45) is 0 Å². The lowest BCUT2D eigenvalue weighted by atomic mass is 10.1. The van der Waals surface area contributed by atoms with Crippen LogP contribution in [-0.2, 0) is 20.9 Å². The van der Waals surface area contributed by atoms with Gasteiger partial charge in [-0.3, -0.25) is 14.5 Å². The summed E-state index contributed by atoms with van der Waals surface area (Å²) in [4.78, 5) is 30.8. The molecule has 2 aliphatic rings. The van der Waals surface area contributed by atoms with Gasteiger partial charge in [-0.25, -0.2) is 0 Å². The molecule has 2 aliphatic heterocycles. The van der Waals surface area contributed by atoms with Gasteiger partial charge in [-0.15, -0.1) is 11.3 Å². The predicted octanol–water partition coefficient (Wildman–Crippen LogP) is 3.79. The number of imide groups is 1. The van der Waals surface area contributed by atoms with Crippen LogP contribution in [-0.4, -0.2) is 46.9 Å². The molecule has 0 saturated carbocycles. The van der Waals surface area contributed by atoms with E-state index in [2.05, 4.69) is 0 Å². The van der Waals surface area contributed by atoms with Gasteiger partial charge in [0.05, 0.1) is 24.3 Å². The van der Waals surface area contributed by atoms with E-state index in [0.717, 1.165) is 10.4 Å². The number of thiophene rings is 1. The lowest BCUT2D eigenvalue weighted by Crippen LogP contribution is -2.46. The Labute approximate surface area is 173 Å². The molecule has 1 saturated heterocycles. The molecule has 2 aromatic rings. The second-order valence-electron chi connectivity index (χ2n) is 7.19. The van der Waals surface area contributed by atoms with Crippen molar-refractivity contribution >= 4 is 40.3 Å². The molecular weight excluding hydrogens is 396 g/mol. The van der Waals surface area contributed by atoms with Crippen LogP contribution < -0.4 is 0 Å². The number of nitrogens with zero attached hydrogens (tertiary/aromatic N) is 2. The molecule has 1 aromatic carbocycles. The third-order valence-corrected chi connectivity index (χ3v) is 6.04. The number of morpholine rings is 1. The highest BCUT2D eigenvalue weighted by atomic mass is 35.5. The molecular formula is C21H21ClN2O3S. The molecule has 0 aliphatic carbocycles. The van der Waals surface area contributed by atoms with Crippen LogP contribution >= 0.6 is 22.9 Å². The maximum Gasteiger partial charge on any atom is 0.278 e. The number of hydrogen-bond acceptors (Lipinski definition) is 5. The third-order valence-electron chi connectivity index (χ3n) is 4.90. The fourth-order valence-corrected chi connectivity index (χ4v) is 4.66. The fraction of sp³-hybridized carbons (Fsp3) is 0.333. The number of carbonyl (C=O) groups is 2. The Bertz CT molecular complexity index is 914. The van der Waals surface area contributed by atoms with Gasteiger partial charge in [-0.1, -0.05) is 29.8 Å². The Morgan fingerprint density at radius 3 is 2.36 bits per heavy atom. The van der Waals surface area contributed by atoms with Crippen molar-refractivity contribution in [2.45, 2.75) is 32.6 Å². The molecule has 146 valence electrons. The van der Waals surface area contributed by atoms with Crippen LogP contribution in [0.5, 0.6) is 0 Å². The summed E-state index contributed by atoms with van der Waals surface area (Å²) in [5.41, 5.74) is 1.85. The van der Waals surface area contributed by atoms with Gasteiger partial charge in [0, 0.05) is 23.0 Å². The monoisotopic (exact) mass is 416 g/mol. The summed E-state index contributed by atoms with van der Waals surface area (Å²) in [5, 5.41) is 2.54. The van der Waals surface area contributed by atoms with Crippen LogP contribution in [0.15, 0.2) is 47.5 Å². The summed E-state index contributed by atoms with van der Waals surface area (Å²) in [6.45, 7) is 5.37. The molecule has 5 nitrogen and oxygen atoms in total. The third kappa shape index (κ3) is 3.60. The van der Waals surface area contributed by atoms with E-state index in [-0.39, 0.29) is 30.6 Å². The molecule has 0 spiro atoms. The highest BCUT2D eigenvalue weighted by Gasteiger charge is 2.43. The van der Waals surface area contributed by atoms with Crippen LogP contribution in [0.25, 0.3) is 5.57 Å². The normalized spacial score (nSPS) is 23.1. The predicted molar refractivity (Wildman–Crippen MR) is 110 cm³/mol. The number of carbonyl (C=O) groups excluding carboxylic acids is 2. The first kappa shape index (κ1) is 19.2. The molecule has 1 fully saturated rings. The molecule has 2 atom stereocenters. The summed E-state index contributed by atoms with van der Waals surface area (Å²) in [6.07, 6.45) is -0.0110. The Kier molecular flexibility index (Phi) is 5.27. The zero-order valence-corrected chi connectivity index (χ0v) is 17.3. The van der Waals surface area contributed by atoms with E-state index in [9.17, 15) is 9.59 Å². The van der Waals surface area contributed by atoms with E-state index >= 15 is 0 Å². The fourth-order valence-electron chi connectivity index (χ4n) is 3.78. The summed E-state index contributed by atoms with van der Waals surface area (Å²) in [6, 6.07) is 11.0. The summed E-state index contributed by atoms with van der Waals surface area (Å²) < 4.78 is 5.81. The van der Waals surface area contributed by atoms with Gasteiger partial charge in [-0.2, -0.15) is 0 Å². The van der Waals surface area contributed by atoms with Crippen LogP contribution in [0.3, 0.4) is 0 Å². The standard InChI is InChI=1S/C21H21ClN2O3S/c1-13-10-23(11-14(2)27-13)19-18(17-4-3-9-28-17)20(25)24(21(19)26)12-15-5-7-16(22)8-6-15/h3-9,13-14H,10-12H2,1-2H3. The lowest BCUT2D eigenvalue weighted by molar-refractivity contribution is -0.139. The number of halogens is 1. The zero-order chi connectivity index (χ0) is 19.8. The van der Waals surface area contributed by atoms with Gasteiger partial charge in [0.2, 0.25) is 0 Å². The average molecular weight is 417 g/mol. The van der Waals surface area contributed by atoms with E-state index in [4.69, 9.17) is 16.3 Å². The van der Waals surface area contributed by atoms with Crippen molar-refractivity contribution in [3.63, 3.8) is 0 Å². The highest BCUT2D eigenvalue weighted by molar-refractivity contribution is 7.11. The molecule has 0 radical (unpaired) electrons. The first-order valence-corrected chi connectivity index (χ1v) is 10.5. The van der Waals surface area contributed by atoms with E-state index in [1.54, 1.807) is 12.1 Å². The van der Waals surface area contributed by atoms with Crippen LogP contribution in [0.2, 0.25) is 5.02 Å².